The van der Waals surface area contributed by atoms with Gasteiger partial charge in [-0.3, -0.25) is 24.0 Å². The van der Waals surface area contributed by atoms with E-state index in [1.807, 2.05) is 137 Å². The topological polar surface area (TPSA) is 258 Å². The van der Waals surface area contributed by atoms with E-state index in [1.165, 1.54) is 97.3 Å². The number of halogens is 6. The maximum atomic E-state index is 16.4. The number of hydrogen-bond acceptors (Lipinski definition) is 18. The average Bonchev–Trinajstić information content (AvgIpc) is 0.789. The lowest BCUT2D eigenvalue weighted by atomic mass is 9.95. The van der Waals surface area contributed by atoms with Crippen LogP contribution in [-0.4, -0.2) is 192 Å². The van der Waals surface area contributed by atoms with E-state index in [0.29, 0.717) is 119 Å². The summed E-state index contributed by atoms with van der Waals surface area (Å²) < 4.78 is 100. The van der Waals surface area contributed by atoms with Gasteiger partial charge in [0.15, 0.2) is 34.4 Å². The molecular weight excluding hydrogens is 1740 g/mol. The van der Waals surface area contributed by atoms with Crippen LogP contribution in [0.25, 0.3) is 83.9 Å². The Bertz CT molecular complexity index is 7100. The second-order valence-electron chi connectivity index (χ2n) is 36.6. The van der Waals surface area contributed by atoms with E-state index in [-0.39, 0.29) is 169 Å². The van der Waals surface area contributed by atoms with Crippen molar-refractivity contribution < 1.29 is 50.3 Å². The molecule has 32 heteroatoms. The summed E-state index contributed by atoms with van der Waals surface area (Å²) in [5, 5.41) is 0.888. The molecular formula is C104H108F6N18O8. The summed E-state index contributed by atoms with van der Waals surface area (Å²) in [6.45, 7) is 34.0. The van der Waals surface area contributed by atoms with E-state index in [1.54, 1.807) is 46.0 Å². The lowest BCUT2D eigenvalue weighted by Gasteiger charge is -2.44. The predicted octanol–water partition coefficient (Wildman–Crippen LogP) is 16.2. The molecule has 0 aliphatic carbocycles. The minimum Gasteiger partial charge on any atom is -0.374 e. The van der Waals surface area contributed by atoms with Gasteiger partial charge in [0.2, 0.25) is 29.5 Å². The summed E-state index contributed by atoms with van der Waals surface area (Å²) in [5.74, 6) is -4.80. The van der Waals surface area contributed by atoms with Gasteiger partial charge < -0.3 is 44.1 Å². The maximum absolute atomic E-state index is 16.4. The van der Waals surface area contributed by atoms with Crippen molar-refractivity contribution in [3.8, 4) is 50.8 Å². The average molecular weight is 1850 g/mol. The standard InChI is InChI=1S/C36H38F2N6O3.C34H34F2N6O3.C34H36F2N6O2/c1-7-29(45)42-18-22(5)43(19-21(42)4)34-25-17-27(38)32-31-26(37)14-10-15-28(31)41(6)30(46)16-9-12-23-11-8-13-24(20(2)3)33(23)44(35(25)39-32)36(47)40-34;1-6-27(43)40-15-16-41(20(4)18-40)32-23-17-25(36)30-29-24(35)11-8-12-26(29)39(5)28(44)14-13-21-9-7-10-22(19(2)3)31(21)42(33(23)37-30)34(45)38-32;1-6-28(43)40-16-17-41(21(4)19-40)32-24-18-26(36)30-29-25(35)13-8-14-27(29)39(5)15-9-11-22-10-7-12-23(20(2)3)31(22)42(33(24)37-30)34(44)38-32/h7-8,10-11,13-15,17,20-22H,1,9,12,16,18-19H2,2-6H3;6-12,17,19-20H,1,13-16,18H2,2-5H3;6-8,10,12-14,18,20-21H,1,9,11,15-17,19H2,2-5H3/t21-,22+;20-;21-/m100/s1. The number of carbonyl (C=O) groups excluding carboxylic acids is 5. The molecule has 0 spiro atoms. The molecule has 12 heterocycles. The number of hydrogen-bond donors (Lipinski definition) is 0. The molecule has 0 unspecified atom stereocenters. The normalized spacial score (nSPS) is 17.4. The minimum absolute atomic E-state index is 0.00976. The number of carbonyl (C=O) groups is 5. The summed E-state index contributed by atoms with van der Waals surface area (Å²) in [4.78, 5) is 150. The number of piperazine rings is 3. The first-order valence-electron chi connectivity index (χ1n) is 46.0. The van der Waals surface area contributed by atoms with Crippen molar-refractivity contribution >= 4 is 97.2 Å². The molecule has 3 fully saturated rings. The number of nitrogens with zero attached hydrogens (tertiary/aromatic N) is 18. The molecule has 18 rings (SSSR count). The lowest BCUT2D eigenvalue weighted by molar-refractivity contribution is -0.129. The van der Waals surface area contributed by atoms with Crippen molar-refractivity contribution in [2.45, 2.75) is 156 Å². The Hall–Kier alpha value is -14.5. The van der Waals surface area contributed by atoms with Gasteiger partial charge in [0.1, 0.15) is 52.0 Å². The third kappa shape index (κ3) is 17.4. The van der Waals surface area contributed by atoms with Crippen LogP contribution in [0.2, 0.25) is 0 Å². The molecule has 136 heavy (non-hydrogen) atoms. The smallest absolute Gasteiger partial charge is 0.355 e. The molecule has 6 bridgehead atoms. The molecule has 26 nitrogen and oxygen atoms in total. The number of amides is 5. The highest BCUT2D eigenvalue weighted by Gasteiger charge is 2.39. The van der Waals surface area contributed by atoms with Gasteiger partial charge in [0.05, 0.1) is 61.3 Å². The minimum atomic E-state index is -0.828. The molecule has 704 valence electrons. The van der Waals surface area contributed by atoms with Crippen LogP contribution in [0.15, 0.2) is 180 Å². The number of benzene rings is 6. The number of aromatic nitrogens is 9. The first-order chi connectivity index (χ1) is 65.0. The van der Waals surface area contributed by atoms with E-state index in [0.717, 1.165) is 39.8 Å². The summed E-state index contributed by atoms with van der Waals surface area (Å²) in [5.41, 5.74) is 5.36. The Balaban J connectivity index is 0.000000148. The van der Waals surface area contributed by atoms with Gasteiger partial charge in [0, 0.05) is 123 Å². The summed E-state index contributed by atoms with van der Waals surface area (Å²) in [7, 11) is 4.94. The van der Waals surface area contributed by atoms with E-state index in [4.69, 9.17) is 15.0 Å². The Labute approximate surface area is 783 Å². The fourth-order valence-corrected chi connectivity index (χ4v) is 19.8. The van der Waals surface area contributed by atoms with E-state index < -0.39 is 52.0 Å². The van der Waals surface area contributed by atoms with E-state index >= 15 is 26.3 Å². The molecule has 6 aliphatic heterocycles. The van der Waals surface area contributed by atoms with Crippen LogP contribution in [0.5, 0.6) is 0 Å². The molecule has 0 saturated carbocycles. The van der Waals surface area contributed by atoms with Crippen molar-refractivity contribution in [2.75, 3.05) is 109 Å². The highest BCUT2D eigenvalue weighted by atomic mass is 19.1. The van der Waals surface area contributed by atoms with Crippen LogP contribution < -0.4 is 46.5 Å². The van der Waals surface area contributed by atoms with Gasteiger partial charge in [-0.05, 0) is 184 Å². The SMILES string of the molecule is C=CC(=O)N1CCN(c2nc(=O)n3c4nc(c(F)cc24)-c2c(F)cccc2N(C)C(=O)CCc2cccc(C(C)C)c2-3)[C@@H](C)C1.C=CC(=O)N1CCN(c2nc(=O)n3c4nc(c(F)cc24)-c2c(F)cccc2N(C)CCCc2cccc(C(C)C)c2-3)[C@@H](C)C1.C=CC(=O)N1C[C@H](C)N(c2nc(=O)n3c4nc(c(F)cc24)-c2c(F)cccc2N(C)C(=O)CCCc2cccc(C(C)C)c2-3)C[C@H]1C. The predicted molar refractivity (Wildman–Crippen MR) is 519 cm³/mol. The number of anilines is 6. The monoisotopic (exact) mass is 1850 g/mol. The van der Waals surface area contributed by atoms with Gasteiger partial charge in [-0.1, -0.05) is 134 Å². The van der Waals surface area contributed by atoms with Gasteiger partial charge in [0.25, 0.3) is 0 Å². The number of aryl methyl sites for hydroxylation is 3. The summed E-state index contributed by atoms with van der Waals surface area (Å²) >= 11 is 0. The maximum Gasteiger partial charge on any atom is 0.355 e. The molecule has 5 amide bonds. The Morgan fingerprint density at radius 2 is 0.713 bits per heavy atom. The quantitative estimate of drug-likeness (QED) is 0.0961. The molecule has 6 aliphatic rings. The molecule has 6 aromatic heterocycles. The van der Waals surface area contributed by atoms with Crippen molar-refractivity contribution in [1.29, 1.82) is 0 Å². The van der Waals surface area contributed by atoms with Crippen molar-refractivity contribution in [3.63, 3.8) is 0 Å². The number of pyridine rings is 3. The van der Waals surface area contributed by atoms with Crippen LogP contribution in [-0.2, 0) is 43.2 Å². The molecule has 0 N–H and O–H groups in total. The van der Waals surface area contributed by atoms with Crippen molar-refractivity contribution in [2.24, 2.45) is 0 Å². The van der Waals surface area contributed by atoms with E-state index in [2.05, 4.69) is 48.5 Å². The Morgan fingerprint density at radius 1 is 0.368 bits per heavy atom. The Morgan fingerprint density at radius 3 is 1.10 bits per heavy atom. The van der Waals surface area contributed by atoms with Crippen LogP contribution >= 0.6 is 0 Å². The fourth-order valence-electron chi connectivity index (χ4n) is 19.8. The summed E-state index contributed by atoms with van der Waals surface area (Å²) in [6.07, 6.45) is 6.66. The van der Waals surface area contributed by atoms with Crippen LogP contribution in [0.4, 0.5) is 60.9 Å². The van der Waals surface area contributed by atoms with Crippen LogP contribution in [0, 0.1) is 34.9 Å². The lowest BCUT2D eigenvalue weighted by Crippen LogP contribution is -2.58. The third-order valence-corrected chi connectivity index (χ3v) is 26.8. The zero-order valence-electron chi connectivity index (χ0n) is 78.4. The van der Waals surface area contributed by atoms with Crippen LogP contribution in [0.1, 0.15) is 146 Å². The van der Waals surface area contributed by atoms with Crippen molar-refractivity contribution in [3.05, 3.63) is 265 Å². The molecule has 6 aromatic carbocycles. The van der Waals surface area contributed by atoms with Gasteiger partial charge in [-0.25, -0.2) is 69.4 Å². The highest BCUT2D eigenvalue weighted by molar-refractivity contribution is 6.01. The second-order valence-corrected chi connectivity index (χ2v) is 36.6. The van der Waals surface area contributed by atoms with Gasteiger partial charge in [-0.15, -0.1) is 0 Å². The summed E-state index contributed by atoms with van der Waals surface area (Å²) in [6, 6.07) is 33.3. The molecule has 12 aromatic rings. The molecule has 3 saturated heterocycles. The zero-order valence-corrected chi connectivity index (χ0v) is 78.4. The highest BCUT2D eigenvalue weighted by Crippen LogP contribution is 2.45. The van der Waals surface area contributed by atoms with Gasteiger partial charge >= 0.3 is 17.1 Å². The van der Waals surface area contributed by atoms with Gasteiger partial charge in [-0.2, -0.15) is 15.0 Å². The zero-order chi connectivity index (χ0) is 97.2. The van der Waals surface area contributed by atoms with Crippen molar-refractivity contribution in [1.82, 2.24) is 58.3 Å². The first kappa shape index (κ1) is 94.7. The largest absolute Gasteiger partial charge is 0.374 e. The van der Waals surface area contributed by atoms with E-state index in [9.17, 15) is 38.4 Å². The molecule has 0 radical (unpaired) electrons. The number of fused-ring (bicyclic) bond motifs is 15. The number of para-hydroxylation sites is 3. The van der Waals surface area contributed by atoms with Crippen LogP contribution in [0.3, 0.4) is 0 Å². The Kier molecular flexibility index (Phi) is 26.8. The number of rotatable bonds is 9. The molecule has 4 atom stereocenters. The fraction of sp³-hybridized carbons (Fsp3) is 0.346. The first-order valence-corrected chi connectivity index (χ1v) is 46.0. The third-order valence-electron chi connectivity index (χ3n) is 26.8. The second kappa shape index (κ2) is 38.5.